The summed E-state index contributed by atoms with van der Waals surface area (Å²) in [4.78, 5) is 8.42. The predicted octanol–water partition coefficient (Wildman–Crippen LogP) is 3.02. The van der Waals surface area contributed by atoms with Crippen LogP contribution in [0.3, 0.4) is 0 Å². The highest BCUT2D eigenvalue weighted by molar-refractivity contribution is 5.85. The number of aromatic nitrogens is 2. The fourth-order valence-corrected chi connectivity index (χ4v) is 2.18. The maximum absolute atomic E-state index is 10.5. The first-order valence-corrected chi connectivity index (χ1v) is 6.19. The van der Waals surface area contributed by atoms with Gasteiger partial charge in [0.15, 0.2) is 0 Å². The number of hydrogen-bond acceptors (Lipinski definition) is 3. The second-order valence-corrected chi connectivity index (χ2v) is 4.59. The lowest BCUT2D eigenvalue weighted by atomic mass is 9.99. The minimum Gasteiger partial charge on any atom is -0.384 e. The Bertz CT molecular complexity index is 702. The summed E-state index contributed by atoms with van der Waals surface area (Å²) in [6.45, 7) is 1.93. The minimum atomic E-state index is -0.702. The van der Waals surface area contributed by atoms with Crippen molar-refractivity contribution in [3.05, 3.63) is 71.8 Å². The first-order valence-electron chi connectivity index (χ1n) is 6.19. The van der Waals surface area contributed by atoms with Crippen molar-refractivity contribution < 1.29 is 5.11 Å². The predicted molar refractivity (Wildman–Crippen MR) is 74.8 cm³/mol. The number of fused-ring (bicyclic) bond motifs is 1. The van der Waals surface area contributed by atoms with E-state index in [0.717, 1.165) is 27.6 Å². The van der Waals surface area contributed by atoms with Crippen molar-refractivity contribution in [2.24, 2.45) is 0 Å². The van der Waals surface area contributed by atoms with Crippen molar-refractivity contribution in [2.45, 2.75) is 13.0 Å². The van der Waals surface area contributed by atoms with Gasteiger partial charge in [0.05, 0.1) is 0 Å². The molecule has 1 unspecified atom stereocenters. The summed E-state index contributed by atoms with van der Waals surface area (Å²) in [5.41, 5.74) is 2.53. The van der Waals surface area contributed by atoms with Gasteiger partial charge >= 0.3 is 0 Å². The molecule has 1 atom stereocenters. The normalized spacial score (nSPS) is 12.5. The molecular formula is C16H14N2O. The molecule has 0 bridgehead atoms. The van der Waals surface area contributed by atoms with Gasteiger partial charge in [0.2, 0.25) is 0 Å². The standard InChI is InChI=1S/C16H14N2O/c1-11-6-7-13(9-18-11)16(19)15-10-17-8-12-4-2-3-5-14(12)15/h2-10,16,19H,1H3. The van der Waals surface area contributed by atoms with Gasteiger partial charge in [-0.15, -0.1) is 0 Å². The Morgan fingerprint density at radius 1 is 1.00 bits per heavy atom. The van der Waals surface area contributed by atoms with E-state index >= 15 is 0 Å². The molecular weight excluding hydrogens is 236 g/mol. The summed E-state index contributed by atoms with van der Waals surface area (Å²) in [5, 5.41) is 12.5. The number of aliphatic hydroxyl groups is 1. The Hall–Kier alpha value is -2.26. The molecule has 0 radical (unpaired) electrons. The summed E-state index contributed by atoms with van der Waals surface area (Å²) in [6, 6.07) is 11.7. The summed E-state index contributed by atoms with van der Waals surface area (Å²) in [5.74, 6) is 0. The molecule has 0 aliphatic rings. The zero-order valence-electron chi connectivity index (χ0n) is 10.6. The Morgan fingerprint density at radius 3 is 2.63 bits per heavy atom. The number of hydrogen-bond donors (Lipinski definition) is 1. The third kappa shape index (κ3) is 2.20. The van der Waals surface area contributed by atoms with Crippen LogP contribution in [0.1, 0.15) is 22.9 Å². The average molecular weight is 250 g/mol. The summed E-state index contributed by atoms with van der Waals surface area (Å²) >= 11 is 0. The van der Waals surface area contributed by atoms with E-state index in [2.05, 4.69) is 9.97 Å². The fraction of sp³-hybridized carbons (Fsp3) is 0.125. The van der Waals surface area contributed by atoms with Crippen molar-refractivity contribution in [3.63, 3.8) is 0 Å². The van der Waals surface area contributed by atoms with E-state index in [4.69, 9.17) is 0 Å². The van der Waals surface area contributed by atoms with Crippen molar-refractivity contribution in [3.8, 4) is 0 Å². The number of aliphatic hydroxyl groups excluding tert-OH is 1. The van der Waals surface area contributed by atoms with Crippen molar-refractivity contribution >= 4 is 10.8 Å². The van der Waals surface area contributed by atoms with Gasteiger partial charge in [-0.25, -0.2) is 0 Å². The molecule has 3 nitrogen and oxygen atoms in total. The molecule has 0 aliphatic carbocycles. The maximum Gasteiger partial charge on any atom is 0.108 e. The smallest absolute Gasteiger partial charge is 0.108 e. The van der Waals surface area contributed by atoms with Gasteiger partial charge in [0.25, 0.3) is 0 Å². The fourth-order valence-electron chi connectivity index (χ4n) is 2.18. The molecule has 94 valence electrons. The topological polar surface area (TPSA) is 46.0 Å². The van der Waals surface area contributed by atoms with Crippen LogP contribution in [-0.2, 0) is 0 Å². The van der Waals surface area contributed by atoms with E-state index in [1.165, 1.54) is 0 Å². The van der Waals surface area contributed by atoms with Crippen LogP contribution in [0.5, 0.6) is 0 Å². The lowest BCUT2D eigenvalue weighted by Gasteiger charge is -2.13. The second-order valence-electron chi connectivity index (χ2n) is 4.59. The first kappa shape index (κ1) is 11.8. The Morgan fingerprint density at radius 2 is 1.84 bits per heavy atom. The highest BCUT2D eigenvalue weighted by Gasteiger charge is 2.14. The summed E-state index contributed by atoms with van der Waals surface area (Å²) in [6.07, 6.45) is 4.53. The van der Waals surface area contributed by atoms with Crippen molar-refractivity contribution in [2.75, 3.05) is 0 Å². The minimum absolute atomic E-state index is 0.702. The maximum atomic E-state index is 10.5. The van der Waals surface area contributed by atoms with Gasteiger partial charge in [0, 0.05) is 40.8 Å². The second kappa shape index (κ2) is 4.78. The highest BCUT2D eigenvalue weighted by atomic mass is 16.3. The van der Waals surface area contributed by atoms with E-state index in [9.17, 15) is 5.11 Å². The van der Waals surface area contributed by atoms with Gasteiger partial charge in [-0.2, -0.15) is 0 Å². The van der Waals surface area contributed by atoms with Crippen molar-refractivity contribution in [1.82, 2.24) is 9.97 Å². The van der Waals surface area contributed by atoms with E-state index < -0.39 is 6.10 Å². The molecule has 2 heterocycles. The monoisotopic (exact) mass is 250 g/mol. The molecule has 3 aromatic rings. The molecule has 19 heavy (non-hydrogen) atoms. The molecule has 2 aromatic heterocycles. The first-order chi connectivity index (χ1) is 9.25. The van der Waals surface area contributed by atoms with E-state index in [-0.39, 0.29) is 0 Å². The molecule has 0 fully saturated rings. The average Bonchev–Trinajstić information content (AvgIpc) is 2.47. The van der Waals surface area contributed by atoms with E-state index in [1.807, 2.05) is 43.3 Å². The molecule has 0 saturated carbocycles. The van der Waals surface area contributed by atoms with E-state index in [1.54, 1.807) is 18.6 Å². The largest absolute Gasteiger partial charge is 0.384 e. The number of aryl methyl sites for hydroxylation is 1. The van der Waals surface area contributed by atoms with Gasteiger partial charge in [-0.1, -0.05) is 30.3 Å². The Kier molecular flexibility index (Phi) is 2.97. The molecule has 1 aromatic carbocycles. The molecule has 0 amide bonds. The lowest BCUT2D eigenvalue weighted by molar-refractivity contribution is 0.221. The van der Waals surface area contributed by atoms with Crippen LogP contribution in [0.2, 0.25) is 0 Å². The molecule has 0 saturated heterocycles. The van der Waals surface area contributed by atoms with Crippen LogP contribution in [0.4, 0.5) is 0 Å². The van der Waals surface area contributed by atoms with Crippen LogP contribution in [0, 0.1) is 6.92 Å². The van der Waals surface area contributed by atoms with Crippen LogP contribution in [-0.4, -0.2) is 15.1 Å². The van der Waals surface area contributed by atoms with Crippen LogP contribution >= 0.6 is 0 Å². The van der Waals surface area contributed by atoms with Crippen LogP contribution in [0.15, 0.2) is 55.0 Å². The summed E-state index contributed by atoms with van der Waals surface area (Å²) < 4.78 is 0. The van der Waals surface area contributed by atoms with Gasteiger partial charge in [-0.05, 0) is 18.4 Å². The third-order valence-electron chi connectivity index (χ3n) is 3.24. The Balaban J connectivity index is 2.11. The number of rotatable bonds is 2. The number of nitrogens with zero attached hydrogens (tertiary/aromatic N) is 2. The number of benzene rings is 1. The molecule has 3 heteroatoms. The van der Waals surface area contributed by atoms with Crippen LogP contribution in [0.25, 0.3) is 10.8 Å². The summed E-state index contributed by atoms with van der Waals surface area (Å²) in [7, 11) is 0. The zero-order valence-corrected chi connectivity index (χ0v) is 10.6. The Labute approximate surface area is 111 Å². The molecule has 3 rings (SSSR count). The lowest BCUT2D eigenvalue weighted by Crippen LogP contribution is -2.02. The van der Waals surface area contributed by atoms with Gasteiger partial charge in [-0.3, -0.25) is 9.97 Å². The number of pyridine rings is 2. The third-order valence-corrected chi connectivity index (χ3v) is 3.24. The quantitative estimate of drug-likeness (QED) is 0.760. The van der Waals surface area contributed by atoms with Gasteiger partial charge in [0.1, 0.15) is 6.10 Å². The van der Waals surface area contributed by atoms with Crippen molar-refractivity contribution in [1.29, 1.82) is 0 Å². The van der Waals surface area contributed by atoms with Gasteiger partial charge < -0.3 is 5.11 Å². The zero-order chi connectivity index (χ0) is 13.2. The highest BCUT2D eigenvalue weighted by Crippen LogP contribution is 2.27. The molecule has 1 N–H and O–H groups in total. The SMILES string of the molecule is Cc1ccc(C(O)c2cncc3ccccc23)cn1. The van der Waals surface area contributed by atoms with Crippen LogP contribution < -0.4 is 0 Å². The molecule has 0 spiro atoms. The van der Waals surface area contributed by atoms with E-state index in [0.29, 0.717) is 0 Å². The molecule has 0 aliphatic heterocycles.